The largest absolute Gasteiger partial charge is 0.497 e. The van der Waals surface area contributed by atoms with Crippen LogP contribution in [0, 0.1) is 0 Å². The zero-order chi connectivity index (χ0) is 40.6. The van der Waals surface area contributed by atoms with Gasteiger partial charge in [-0.3, -0.25) is 4.72 Å². The molecule has 5 aromatic rings. The van der Waals surface area contributed by atoms with Gasteiger partial charge in [0.05, 0.1) is 56.9 Å². The monoisotopic (exact) mass is 799 g/mol. The lowest BCUT2D eigenvalue weighted by atomic mass is 9.86. The van der Waals surface area contributed by atoms with Gasteiger partial charge in [0.15, 0.2) is 5.75 Å². The number of nitrogens with zero attached hydrogens (tertiary/aromatic N) is 1. The third-order valence-corrected chi connectivity index (χ3v) is 9.60. The molecule has 4 N–H and O–H groups in total. The summed E-state index contributed by atoms with van der Waals surface area (Å²) >= 11 is 0. The number of benzene rings is 4. The van der Waals surface area contributed by atoms with Gasteiger partial charge in [0.1, 0.15) is 35.4 Å². The Kier molecular flexibility index (Phi) is 12.9. The molecule has 0 bridgehead atoms. The standard InChI is InChI=1S/C42H49N5O9S/c1-42(2,3)27-20-36(40(52-5)37(21-27)47-57(6,49)50)46-41(48)45-35-13-14-38(34-12-8-7-11-33(34)35)56-29-15-16-43-39(25-29)44-28-22-31(51-4)24-32(23-28)55-19-18-53-26-30-10-9-17-54-30/h7-8,11-16,20-25,30,47H,9-10,17-19,26H2,1-6H3,(H,43,44)(H2,45,46,48). The maximum Gasteiger partial charge on any atom is 0.323 e. The van der Waals surface area contributed by atoms with Crippen molar-refractivity contribution < 1.29 is 41.6 Å². The van der Waals surface area contributed by atoms with Gasteiger partial charge in [-0.1, -0.05) is 45.0 Å². The topological polar surface area (TPSA) is 168 Å². The molecule has 0 radical (unpaired) electrons. The van der Waals surface area contributed by atoms with Crippen molar-refractivity contribution in [3.8, 4) is 28.7 Å². The molecule has 0 saturated carbocycles. The van der Waals surface area contributed by atoms with E-state index in [1.54, 1.807) is 49.7 Å². The van der Waals surface area contributed by atoms with Crippen molar-refractivity contribution in [3.05, 3.63) is 90.6 Å². The van der Waals surface area contributed by atoms with E-state index in [0.717, 1.165) is 42.0 Å². The third-order valence-electron chi connectivity index (χ3n) is 9.01. The van der Waals surface area contributed by atoms with Crippen LogP contribution >= 0.6 is 0 Å². The van der Waals surface area contributed by atoms with Crippen molar-refractivity contribution in [2.24, 2.45) is 0 Å². The summed E-state index contributed by atoms with van der Waals surface area (Å²) < 4.78 is 61.6. The van der Waals surface area contributed by atoms with Crippen LogP contribution in [0.1, 0.15) is 39.2 Å². The number of methoxy groups -OCH3 is 2. The van der Waals surface area contributed by atoms with Gasteiger partial charge in [0.25, 0.3) is 0 Å². The van der Waals surface area contributed by atoms with Crippen molar-refractivity contribution in [3.63, 3.8) is 0 Å². The van der Waals surface area contributed by atoms with Crippen molar-refractivity contribution in [2.45, 2.75) is 45.1 Å². The predicted molar refractivity (Wildman–Crippen MR) is 223 cm³/mol. The molecule has 4 aromatic carbocycles. The van der Waals surface area contributed by atoms with E-state index in [9.17, 15) is 13.2 Å². The van der Waals surface area contributed by atoms with Gasteiger partial charge in [0.2, 0.25) is 10.0 Å². The highest BCUT2D eigenvalue weighted by Crippen LogP contribution is 2.40. The summed E-state index contributed by atoms with van der Waals surface area (Å²) in [5, 5.41) is 10.6. The molecule has 14 nitrogen and oxygen atoms in total. The van der Waals surface area contributed by atoms with E-state index in [1.807, 2.05) is 63.2 Å². The highest BCUT2D eigenvalue weighted by molar-refractivity contribution is 7.92. The molecular weight excluding hydrogens is 751 g/mol. The Labute approximate surface area is 333 Å². The van der Waals surface area contributed by atoms with Gasteiger partial charge in [0, 0.05) is 53.5 Å². The second kappa shape index (κ2) is 18.0. The first kappa shape index (κ1) is 40.9. The van der Waals surface area contributed by atoms with Gasteiger partial charge >= 0.3 is 6.03 Å². The first-order chi connectivity index (χ1) is 27.3. The Morgan fingerprint density at radius 3 is 2.33 bits per heavy atom. The normalized spacial score (nSPS) is 14.2. The maximum atomic E-state index is 13.5. The second-order valence-electron chi connectivity index (χ2n) is 14.5. The van der Waals surface area contributed by atoms with Crippen molar-refractivity contribution in [1.82, 2.24) is 4.98 Å². The molecule has 2 heterocycles. The molecule has 1 saturated heterocycles. The molecule has 6 rings (SSSR count). The molecule has 1 aliphatic heterocycles. The van der Waals surface area contributed by atoms with E-state index < -0.39 is 16.1 Å². The first-order valence-electron chi connectivity index (χ1n) is 18.5. The van der Waals surface area contributed by atoms with Crippen LogP contribution < -0.4 is 39.6 Å². The fourth-order valence-corrected chi connectivity index (χ4v) is 6.82. The molecule has 1 atom stereocenters. The SMILES string of the molecule is COc1cc(Nc2cc(Oc3ccc(NC(=O)Nc4cc(C(C)(C)C)cc(NS(C)(=O)=O)c4OC)c4ccccc34)ccn2)cc(OCCOCC2CCCO2)c1. The van der Waals surface area contributed by atoms with Gasteiger partial charge < -0.3 is 44.4 Å². The van der Waals surface area contributed by atoms with E-state index in [-0.39, 0.29) is 23.0 Å². The number of carbonyl (C=O) groups excluding carboxylic acids is 1. The van der Waals surface area contributed by atoms with E-state index in [2.05, 4.69) is 25.7 Å². The summed E-state index contributed by atoms with van der Waals surface area (Å²) in [4.78, 5) is 18.0. The van der Waals surface area contributed by atoms with Crippen LogP contribution in [0.2, 0.25) is 0 Å². The van der Waals surface area contributed by atoms with E-state index in [4.69, 9.17) is 28.4 Å². The summed E-state index contributed by atoms with van der Waals surface area (Å²) in [5.41, 5.74) is 2.17. The van der Waals surface area contributed by atoms with Crippen molar-refractivity contribution in [1.29, 1.82) is 0 Å². The minimum atomic E-state index is -3.64. The molecule has 0 spiro atoms. The number of urea groups is 1. The summed E-state index contributed by atoms with van der Waals surface area (Å²) in [5.74, 6) is 3.03. The average molecular weight is 800 g/mol. The quantitative estimate of drug-likeness (QED) is 0.0705. The van der Waals surface area contributed by atoms with Crippen LogP contribution in [0.25, 0.3) is 10.8 Å². The Morgan fingerprint density at radius 1 is 0.860 bits per heavy atom. The van der Waals surface area contributed by atoms with Gasteiger partial charge in [-0.25, -0.2) is 18.2 Å². The molecule has 57 heavy (non-hydrogen) atoms. The number of hydrogen-bond acceptors (Lipinski definition) is 11. The zero-order valence-corrected chi connectivity index (χ0v) is 33.7. The molecule has 15 heteroatoms. The average Bonchev–Trinajstić information content (AvgIpc) is 3.68. The number of anilines is 5. The van der Waals surface area contributed by atoms with Gasteiger partial charge in [-0.2, -0.15) is 0 Å². The van der Waals surface area contributed by atoms with Crippen LogP contribution in [-0.4, -0.2) is 72.4 Å². The number of sulfonamides is 1. The van der Waals surface area contributed by atoms with Crippen LogP contribution in [0.5, 0.6) is 28.7 Å². The lowest BCUT2D eigenvalue weighted by molar-refractivity contribution is 0.00852. The second-order valence-corrected chi connectivity index (χ2v) is 16.3. The summed E-state index contributed by atoms with van der Waals surface area (Å²) in [6.07, 6.45) is 4.96. The van der Waals surface area contributed by atoms with Crippen LogP contribution in [-0.2, 0) is 24.9 Å². The number of carbonyl (C=O) groups is 1. The molecule has 1 aliphatic rings. The summed E-state index contributed by atoms with van der Waals surface area (Å²) in [6.45, 7) is 8.13. The first-order valence-corrected chi connectivity index (χ1v) is 20.4. The maximum absolute atomic E-state index is 13.5. The van der Waals surface area contributed by atoms with E-state index >= 15 is 0 Å². The van der Waals surface area contributed by atoms with Crippen LogP contribution in [0.4, 0.5) is 33.4 Å². The predicted octanol–water partition coefficient (Wildman–Crippen LogP) is 8.68. The fraction of sp³-hybridized carbons (Fsp3) is 0.333. The Balaban J connectivity index is 1.15. The molecule has 1 fully saturated rings. The number of nitrogens with one attached hydrogen (secondary N) is 4. The number of amides is 2. The summed E-state index contributed by atoms with van der Waals surface area (Å²) in [7, 11) is -0.632. The van der Waals surface area contributed by atoms with Crippen LogP contribution in [0.15, 0.2) is 85.1 Å². The van der Waals surface area contributed by atoms with Gasteiger partial charge in [-0.15, -0.1) is 0 Å². The Hall–Kier alpha value is -5.77. The Bertz CT molecular complexity index is 2310. The van der Waals surface area contributed by atoms with Crippen LogP contribution in [0.3, 0.4) is 0 Å². The van der Waals surface area contributed by atoms with Crippen molar-refractivity contribution in [2.75, 3.05) is 67.6 Å². The minimum Gasteiger partial charge on any atom is -0.497 e. The highest BCUT2D eigenvalue weighted by atomic mass is 32.2. The number of ether oxygens (including phenoxy) is 6. The van der Waals surface area contributed by atoms with E-state index in [1.165, 1.54) is 7.11 Å². The molecule has 1 aromatic heterocycles. The number of pyridine rings is 1. The molecule has 2 amide bonds. The number of rotatable bonds is 16. The lowest BCUT2D eigenvalue weighted by Gasteiger charge is -2.24. The number of aromatic nitrogens is 1. The minimum absolute atomic E-state index is 0.165. The Morgan fingerprint density at radius 2 is 1.61 bits per heavy atom. The van der Waals surface area contributed by atoms with Gasteiger partial charge in [-0.05, 0) is 54.2 Å². The van der Waals surface area contributed by atoms with Crippen molar-refractivity contribution >= 4 is 55.4 Å². The summed E-state index contributed by atoms with van der Waals surface area (Å²) in [6, 6.07) is 23.0. The number of fused-ring (bicyclic) bond motifs is 1. The lowest BCUT2D eigenvalue weighted by Crippen LogP contribution is -2.22. The molecule has 1 unspecified atom stereocenters. The molecule has 302 valence electrons. The van der Waals surface area contributed by atoms with E-state index in [0.29, 0.717) is 65.7 Å². The number of hydrogen-bond donors (Lipinski definition) is 4. The highest BCUT2D eigenvalue weighted by Gasteiger charge is 2.23. The smallest absolute Gasteiger partial charge is 0.323 e. The zero-order valence-electron chi connectivity index (χ0n) is 32.9. The third kappa shape index (κ3) is 11.2. The fourth-order valence-electron chi connectivity index (χ4n) is 6.27. The molecule has 0 aliphatic carbocycles. The molecular formula is C42H49N5O9S.